The Labute approximate surface area is 174 Å². The highest BCUT2D eigenvalue weighted by atomic mass is 32.2. The molecular weight excluding hydrogens is 386 g/mol. The van der Waals surface area contributed by atoms with Crippen LogP contribution in [0.3, 0.4) is 0 Å². The Bertz CT molecular complexity index is 911. The van der Waals surface area contributed by atoms with E-state index in [0.717, 1.165) is 5.69 Å². The lowest BCUT2D eigenvalue weighted by Gasteiger charge is -2.19. The third kappa shape index (κ3) is 6.05. The maximum absolute atomic E-state index is 12.5. The van der Waals surface area contributed by atoms with Crippen LogP contribution in [0.25, 0.3) is 0 Å². The molecule has 0 unspecified atom stereocenters. The highest BCUT2D eigenvalue weighted by Crippen LogP contribution is 2.23. The van der Waals surface area contributed by atoms with Gasteiger partial charge in [0.2, 0.25) is 15.9 Å². The molecule has 0 saturated heterocycles. The summed E-state index contributed by atoms with van der Waals surface area (Å²) in [7, 11) is -3.50. The topological polar surface area (TPSA) is 78.5 Å². The Morgan fingerprint density at radius 3 is 1.90 bits per heavy atom. The second-order valence-corrected chi connectivity index (χ2v) is 9.78. The molecule has 0 spiro atoms. The summed E-state index contributed by atoms with van der Waals surface area (Å²) in [5.41, 5.74) is 2.74. The Hall–Kier alpha value is -2.38. The van der Waals surface area contributed by atoms with Gasteiger partial charge in [-0.3, -0.25) is 4.79 Å². The predicted molar refractivity (Wildman–Crippen MR) is 119 cm³/mol. The number of benzene rings is 2. The van der Waals surface area contributed by atoms with E-state index in [1.807, 2.05) is 12.1 Å². The normalized spacial score (nSPS) is 12.1. The summed E-state index contributed by atoms with van der Waals surface area (Å²) < 4.78 is 26.4. The van der Waals surface area contributed by atoms with Crippen LogP contribution in [0, 0.1) is 0 Å². The summed E-state index contributed by atoms with van der Waals surface area (Å²) in [4.78, 5) is 12.4. The highest BCUT2D eigenvalue weighted by molar-refractivity contribution is 7.89. The maximum atomic E-state index is 12.5. The Morgan fingerprint density at radius 2 is 1.41 bits per heavy atom. The first-order valence-corrected chi connectivity index (χ1v) is 11.3. The summed E-state index contributed by atoms with van der Waals surface area (Å²) in [6.07, 6.45) is 0. The van der Waals surface area contributed by atoms with Crippen LogP contribution < -0.4 is 10.6 Å². The maximum Gasteiger partial charge on any atom is 0.243 e. The lowest BCUT2D eigenvalue weighted by molar-refractivity contribution is -0.114. The van der Waals surface area contributed by atoms with Gasteiger partial charge in [0.05, 0.1) is 11.4 Å². The van der Waals surface area contributed by atoms with Crippen LogP contribution in [0.1, 0.15) is 40.2 Å². The Balaban J connectivity index is 1.94. The van der Waals surface area contributed by atoms with E-state index >= 15 is 0 Å². The van der Waals surface area contributed by atoms with Gasteiger partial charge in [-0.15, -0.1) is 0 Å². The van der Waals surface area contributed by atoms with Crippen LogP contribution in [0.4, 0.5) is 11.4 Å². The molecule has 0 heterocycles. The number of carbonyl (C=O) groups excluding carboxylic acids is 1. The van der Waals surface area contributed by atoms with Crippen LogP contribution in [0.15, 0.2) is 53.4 Å². The monoisotopic (exact) mass is 417 g/mol. The molecule has 7 heteroatoms. The van der Waals surface area contributed by atoms with Crippen LogP contribution in [0.2, 0.25) is 0 Å². The molecule has 2 N–H and O–H groups in total. The number of hydrogen-bond acceptors (Lipinski definition) is 4. The average molecular weight is 418 g/mol. The SMILES string of the molecule is CCN(CC)S(=O)(=O)c1ccc(NC(=O)CNc2ccc(C(C)(C)C)cc2)cc1. The first kappa shape index (κ1) is 22.9. The lowest BCUT2D eigenvalue weighted by Crippen LogP contribution is -2.30. The smallest absolute Gasteiger partial charge is 0.243 e. The third-order valence-electron chi connectivity index (χ3n) is 4.69. The zero-order valence-electron chi connectivity index (χ0n) is 17.8. The number of rotatable bonds is 8. The van der Waals surface area contributed by atoms with Gasteiger partial charge < -0.3 is 10.6 Å². The molecule has 1 amide bonds. The Kier molecular flexibility index (Phi) is 7.43. The minimum Gasteiger partial charge on any atom is -0.376 e. The van der Waals surface area contributed by atoms with E-state index in [9.17, 15) is 13.2 Å². The van der Waals surface area contributed by atoms with Gasteiger partial charge in [-0.25, -0.2) is 8.42 Å². The second kappa shape index (κ2) is 9.41. The largest absolute Gasteiger partial charge is 0.376 e. The standard InChI is InChI=1S/C22H31N3O3S/c1-6-25(7-2)29(27,28)20-14-12-19(13-15-20)24-21(26)16-23-18-10-8-17(9-11-18)22(3,4)5/h8-15,23H,6-7,16H2,1-5H3,(H,24,26). The summed E-state index contributed by atoms with van der Waals surface area (Å²) in [6, 6.07) is 14.3. The Morgan fingerprint density at radius 1 is 0.897 bits per heavy atom. The van der Waals surface area contributed by atoms with Gasteiger partial charge in [0, 0.05) is 24.5 Å². The fraction of sp³-hybridized carbons (Fsp3) is 0.409. The molecule has 0 radical (unpaired) electrons. The van der Waals surface area contributed by atoms with Crippen molar-refractivity contribution in [3.63, 3.8) is 0 Å². The summed E-state index contributed by atoms with van der Waals surface area (Å²) in [5.74, 6) is -0.204. The van der Waals surface area contributed by atoms with Gasteiger partial charge in [0.25, 0.3) is 0 Å². The molecule has 29 heavy (non-hydrogen) atoms. The van der Waals surface area contributed by atoms with Crippen molar-refractivity contribution < 1.29 is 13.2 Å². The fourth-order valence-electron chi connectivity index (χ4n) is 2.90. The molecule has 0 saturated carbocycles. The van der Waals surface area contributed by atoms with Crippen molar-refractivity contribution in [2.75, 3.05) is 30.3 Å². The van der Waals surface area contributed by atoms with Crippen molar-refractivity contribution in [3.05, 3.63) is 54.1 Å². The molecule has 2 aromatic carbocycles. The third-order valence-corrected chi connectivity index (χ3v) is 6.75. The number of carbonyl (C=O) groups is 1. The summed E-state index contributed by atoms with van der Waals surface area (Å²) >= 11 is 0. The number of nitrogens with one attached hydrogen (secondary N) is 2. The van der Waals surface area contributed by atoms with Gasteiger partial charge in [-0.1, -0.05) is 46.8 Å². The van der Waals surface area contributed by atoms with Gasteiger partial charge in [-0.05, 0) is 47.4 Å². The molecule has 0 fully saturated rings. The van der Waals surface area contributed by atoms with Crippen molar-refractivity contribution >= 4 is 27.3 Å². The van der Waals surface area contributed by atoms with E-state index in [1.165, 1.54) is 22.0 Å². The lowest BCUT2D eigenvalue weighted by atomic mass is 9.87. The predicted octanol–water partition coefficient (Wildman–Crippen LogP) is 4.07. The zero-order chi connectivity index (χ0) is 21.7. The van der Waals surface area contributed by atoms with Gasteiger partial charge in [0.1, 0.15) is 0 Å². The van der Waals surface area contributed by atoms with Crippen LogP contribution in [-0.4, -0.2) is 38.3 Å². The highest BCUT2D eigenvalue weighted by Gasteiger charge is 2.21. The van der Waals surface area contributed by atoms with E-state index in [-0.39, 0.29) is 22.8 Å². The number of nitrogens with zero attached hydrogens (tertiary/aromatic N) is 1. The molecule has 0 atom stereocenters. The van der Waals surface area contributed by atoms with Crippen molar-refractivity contribution in [2.24, 2.45) is 0 Å². The molecule has 0 bridgehead atoms. The van der Waals surface area contributed by atoms with E-state index in [0.29, 0.717) is 18.8 Å². The van der Waals surface area contributed by atoms with Crippen molar-refractivity contribution in [1.82, 2.24) is 4.31 Å². The average Bonchev–Trinajstić information content (AvgIpc) is 2.67. The molecule has 0 aliphatic carbocycles. The molecule has 158 valence electrons. The molecule has 0 aliphatic heterocycles. The fourth-order valence-corrected chi connectivity index (χ4v) is 4.36. The molecule has 0 aliphatic rings. The minimum atomic E-state index is -3.50. The summed E-state index contributed by atoms with van der Waals surface area (Å²) in [5, 5.41) is 5.87. The van der Waals surface area contributed by atoms with E-state index in [2.05, 4.69) is 43.5 Å². The van der Waals surface area contributed by atoms with Gasteiger partial charge in [-0.2, -0.15) is 4.31 Å². The van der Waals surface area contributed by atoms with E-state index < -0.39 is 10.0 Å². The van der Waals surface area contributed by atoms with Gasteiger partial charge in [0.15, 0.2) is 0 Å². The van der Waals surface area contributed by atoms with Crippen molar-refractivity contribution in [2.45, 2.75) is 44.9 Å². The van der Waals surface area contributed by atoms with Crippen LogP contribution in [0.5, 0.6) is 0 Å². The quantitative estimate of drug-likeness (QED) is 0.679. The number of anilines is 2. The van der Waals surface area contributed by atoms with E-state index in [4.69, 9.17) is 0 Å². The molecule has 6 nitrogen and oxygen atoms in total. The number of amides is 1. The van der Waals surface area contributed by atoms with Crippen LogP contribution in [-0.2, 0) is 20.2 Å². The van der Waals surface area contributed by atoms with Crippen molar-refractivity contribution in [3.8, 4) is 0 Å². The second-order valence-electron chi connectivity index (χ2n) is 7.84. The van der Waals surface area contributed by atoms with Gasteiger partial charge >= 0.3 is 0 Å². The van der Waals surface area contributed by atoms with Crippen molar-refractivity contribution in [1.29, 1.82) is 0 Å². The first-order chi connectivity index (χ1) is 13.6. The molecule has 2 aromatic rings. The van der Waals surface area contributed by atoms with E-state index in [1.54, 1.807) is 26.0 Å². The molecule has 0 aromatic heterocycles. The zero-order valence-corrected chi connectivity index (χ0v) is 18.6. The number of sulfonamides is 1. The van der Waals surface area contributed by atoms with Crippen LogP contribution >= 0.6 is 0 Å². The molecular formula is C22H31N3O3S. The number of hydrogen-bond donors (Lipinski definition) is 2. The molecule has 2 rings (SSSR count). The first-order valence-electron chi connectivity index (χ1n) is 9.82. The summed E-state index contributed by atoms with van der Waals surface area (Å²) in [6.45, 7) is 11.0. The minimum absolute atomic E-state index is 0.0842.